The minimum atomic E-state index is -0.403. The van der Waals surface area contributed by atoms with Crippen LogP contribution in [-0.4, -0.2) is 30.6 Å². The van der Waals surface area contributed by atoms with E-state index in [2.05, 4.69) is 18.8 Å². The van der Waals surface area contributed by atoms with Crippen LogP contribution in [0.3, 0.4) is 0 Å². The zero-order chi connectivity index (χ0) is 14.4. The molecular formula is C14H23N3O2. The van der Waals surface area contributed by atoms with E-state index in [1.165, 1.54) is 0 Å². The average Bonchev–Trinajstić information content (AvgIpc) is 2.38. The summed E-state index contributed by atoms with van der Waals surface area (Å²) in [6.45, 7) is 6.35. The highest BCUT2D eigenvalue weighted by molar-refractivity contribution is 5.97. The zero-order valence-electron chi connectivity index (χ0n) is 12.1. The molecule has 0 saturated heterocycles. The van der Waals surface area contributed by atoms with Gasteiger partial charge in [0.15, 0.2) is 5.82 Å². The molecule has 0 fully saturated rings. The average molecular weight is 265 g/mol. The number of hydrogen-bond acceptors (Lipinski definition) is 5. The Hall–Kier alpha value is -1.78. The summed E-state index contributed by atoms with van der Waals surface area (Å²) in [4.78, 5) is 18.1. The topological polar surface area (TPSA) is 68.5 Å². The second-order valence-corrected chi connectivity index (χ2v) is 4.56. The van der Waals surface area contributed by atoms with Crippen molar-refractivity contribution in [2.24, 2.45) is 0 Å². The van der Waals surface area contributed by atoms with Crippen molar-refractivity contribution >= 4 is 17.5 Å². The SMILES string of the molecule is CCCC(C)N(C)c1nccc(C(=O)OCC)c1N. The van der Waals surface area contributed by atoms with E-state index < -0.39 is 5.97 Å². The Morgan fingerprint density at radius 3 is 2.79 bits per heavy atom. The van der Waals surface area contributed by atoms with Crippen LogP contribution in [0.5, 0.6) is 0 Å². The molecule has 5 heteroatoms. The number of hydrogen-bond donors (Lipinski definition) is 1. The van der Waals surface area contributed by atoms with Crippen LogP contribution >= 0.6 is 0 Å². The molecule has 19 heavy (non-hydrogen) atoms. The summed E-state index contributed by atoms with van der Waals surface area (Å²) in [5.74, 6) is 0.228. The molecule has 0 spiro atoms. The number of nitrogen functional groups attached to an aromatic ring is 1. The summed E-state index contributed by atoms with van der Waals surface area (Å²) >= 11 is 0. The first-order valence-electron chi connectivity index (χ1n) is 6.67. The fraction of sp³-hybridized carbons (Fsp3) is 0.571. The third-order valence-electron chi connectivity index (χ3n) is 3.17. The summed E-state index contributed by atoms with van der Waals surface area (Å²) in [6.07, 6.45) is 3.72. The quantitative estimate of drug-likeness (QED) is 0.800. The Kier molecular flexibility index (Phi) is 5.60. The highest BCUT2D eigenvalue weighted by atomic mass is 16.5. The maximum atomic E-state index is 11.8. The minimum absolute atomic E-state index is 0.317. The molecule has 0 aliphatic rings. The minimum Gasteiger partial charge on any atom is -0.462 e. The molecule has 1 heterocycles. The van der Waals surface area contributed by atoms with Gasteiger partial charge in [0.1, 0.15) is 0 Å². The lowest BCUT2D eigenvalue weighted by molar-refractivity contribution is 0.0527. The summed E-state index contributed by atoms with van der Waals surface area (Å²) in [5, 5.41) is 0. The van der Waals surface area contributed by atoms with Crippen LogP contribution in [0, 0.1) is 0 Å². The van der Waals surface area contributed by atoms with Gasteiger partial charge in [-0.25, -0.2) is 9.78 Å². The smallest absolute Gasteiger partial charge is 0.340 e. The first kappa shape index (κ1) is 15.3. The molecule has 1 aromatic rings. The molecule has 1 atom stereocenters. The van der Waals surface area contributed by atoms with Crippen molar-refractivity contribution in [2.75, 3.05) is 24.3 Å². The number of esters is 1. The van der Waals surface area contributed by atoms with E-state index in [0.29, 0.717) is 29.7 Å². The predicted molar refractivity (Wildman–Crippen MR) is 77.4 cm³/mol. The number of pyridine rings is 1. The monoisotopic (exact) mass is 265 g/mol. The number of rotatable bonds is 6. The first-order valence-corrected chi connectivity index (χ1v) is 6.67. The Morgan fingerprint density at radius 2 is 2.21 bits per heavy atom. The van der Waals surface area contributed by atoms with Gasteiger partial charge >= 0.3 is 5.97 Å². The molecule has 106 valence electrons. The third-order valence-corrected chi connectivity index (χ3v) is 3.17. The molecule has 0 saturated carbocycles. The number of nitrogens with two attached hydrogens (primary N) is 1. The molecule has 5 nitrogen and oxygen atoms in total. The van der Waals surface area contributed by atoms with Crippen LogP contribution in [0.1, 0.15) is 44.0 Å². The predicted octanol–water partition coefficient (Wildman–Crippen LogP) is 2.47. The van der Waals surface area contributed by atoms with Gasteiger partial charge in [0, 0.05) is 19.3 Å². The van der Waals surface area contributed by atoms with E-state index in [9.17, 15) is 4.79 Å². The van der Waals surface area contributed by atoms with E-state index in [-0.39, 0.29) is 0 Å². The first-order chi connectivity index (χ1) is 9.02. The van der Waals surface area contributed by atoms with Crippen molar-refractivity contribution in [1.82, 2.24) is 4.98 Å². The molecule has 1 rings (SSSR count). The van der Waals surface area contributed by atoms with Gasteiger partial charge in [-0.2, -0.15) is 0 Å². The second-order valence-electron chi connectivity index (χ2n) is 4.56. The van der Waals surface area contributed by atoms with Crippen LogP contribution in [0.25, 0.3) is 0 Å². The highest BCUT2D eigenvalue weighted by Gasteiger charge is 2.19. The summed E-state index contributed by atoms with van der Waals surface area (Å²) in [5.41, 5.74) is 6.80. The standard InChI is InChI=1S/C14H23N3O2/c1-5-7-10(3)17(4)13-12(15)11(8-9-16-13)14(18)19-6-2/h8-10H,5-7,15H2,1-4H3. The Morgan fingerprint density at radius 1 is 1.53 bits per heavy atom. The number of carbonyl (C=O) groups excluding carboxylic acids is 1. The Balaban J connectivity index is 3.03. The van der Waals surface area contributed by atoms with Crippen molar-refractivity contribution in [3.63, 3.8) is 0 Å². The molecule has 0 amide bonds. The van der Waals surface area contributed by atoms with Crippen molar-refractivity contribution < 1.29 is 9.53 Å². The Labute approximate surface area is 114 Å². The lowest BCUT2D eigenvalue weighted by Gasteiger charge is -2.27. The number of aromatic nitrogens is 1. The maximum Gasteiger partial charge on any atom is 0.340 e. The van der Waals surface area contributed by atoms with E-state index in [0.717, 1.165) is 12.8 Å². The molecular weight excluding hydrogens is 242 g/mol. The van der Waals surface area contributed by atoms with E-state index >= 15 is 0 Å². The summed E-state index contributed by atoms with van der Waals surface area (Å²) < 4.78 is 4.99. The van der Waals surface area contributed by atoms with Crippen molar-refractivity contribution in [2.45, 2.75) is 39.7 Å². The molecule has 0 aliphatic heterocycles. The van der Waals surface area contributed by atoms with Gasteiger partial charge < -0.3 is 15.4 Å². The molecule has 1 unspecified atom stereocenters. The fourth-order valence-electron chi connectivity index (χ4n) is 1.95. The number of ether oxygens (including phenoxy) is 1. The maximum absolute atomic E-state index is 11.8. The van der Waals surface area contributed by atoms with Crippen molar-refractivity contribution in [3.05, 3.63) is 17.8 Å². The van der Waals surface area contributed by atoms with Crippen LogP contribution < -0.4 is 10.6 Å². The molecule has 2 N–H and O–H groups in total. The third kappa shape index (κ3) is 3.59. The molecule has 0 radical (unpaired) electrons. The number of nitrogens with zero attached hydrogens (tertiary/aromatic N) is 2. The molecule has 0 bridgehead atoms. The van der Waals surface area contributed by atoms with Crippen LogP contribution in [0.4, 0.5) is 11.5 Å². The fourth-order valence-corrected chi connectivity index (χ4v) is 1.95. The van der Waals surface area contributed by atoms with Crippen LogP contribution in [-0.2, 0) is 4.74 Å². The molecule has 0 aliphatic carbocycles. The molecule has 1 aromatic heterocycles. The van der Waals surface area contributed by atoms with E-state index in [1.807, 2.05) is 11.9 Å². The zero-order valence-corrected chi connectivity index (χ0v) is 12.1. The second kappa shape index (κ2) is 6.97. The van der Waals surface area contributed by atoms with E-state index in [4.69, 9.17) is 10.5 Å². The van der Waals surface area contributed by atoms with Gasteiger partial charge in [-0.1, -0.05) is 13.3 Å². The van der Waals surface area contributed by atoms with Gasteiger partial charge in [-0.3, -0.25) is 0 Å². The number of carbonyl (C=O) groups is 1. The summed E-state index contributed by atoms with van der Waals surface area (Å²) in [7, 11) is 1.94. The molecule has 0 aromatic carbocycles. The van der Waals surface area contributed by atoms with Crippen molar-refractivity contribution in [3.8, 4) is 0 Å². The normalized spacial score (nSPS) is 12.0. The lowest BCUT2D eigenvalue weighted by Crippen LogP contribution is -2.30. The van der Waals surface area contributed by atoms with Gasteiger partial charge in [0.2, 0.25) is 0 Å². The van der Waals surface area contributed by atoms with Crippen LogP contribution in [0.2, 0.25) is 0 Å². The Bertz CT molecular complexity index is 435. The largest absolute Gasteiger partial charge is 0.462 e. The lowest BCUT2D eigenvalue weighted by atomic mass is 10.1. The highest BCUT2D eigenvalue weighted by Crippen LogP contribution is 2.26. The van der Waals surface area contributed by atoms with Gasteiger partial charge in [0.05, 0.1) is 17.9 Å². The van der Waals surface area contributed by atoms with Gasteiger partial charge in [0.25, 0.3) is 0 Å². The van der Waals surface area contributed by atoms with E-state index in [1.54, 1.807) is 19.2 Å². The van der Waals surface area contributed by atoms with Gasteiger partial charge in [-0.05, 0) is 26.3 Å². The number of anilines is 2. The van der Waals surface area contributed by atoms with Crippen LogP contribution in [0.15, 0.2) is 12.3 Å². The van der Waals surface area contributed by atoms with Crippen molar-refractivity contribution in [1.29, 1.82) is 0 Å². The van der Waals surface area contributed by atoms with Gasteiger partial charge in [-0.15, -0.1) is 0 Å². The summed E-state index contributed by atoms with van der Waals surface area (Å²) in [6, 6.07) is 1.91.